The Balaban J connectivity index is 1.53. The molecule has 164 valence electrons. The van der Waals surface area contributed by atoms with Crippen molar-refractivity contribution in [3.63, 3.8) is 0 Å². The van der Waals surface area contributed by atoms with Crippen LogP contribution in [0.2, 0.25) is 0 Å². The first kappa shape index (κ1) is 20.9. The Hall–Kier alpha value is -3.01. The van der Waals surface area contributed by atoms with Gasteiger partial charge in [-0.1, -0.05) is 54.6 Å². The second-order valence-electron chi connectivity index (χ2n) is 9.18. The van der Waals surface area contributed by atoms with Crippen molar-refractivity contribution in [2.75, 3.05) is 0 Å². The summed E-state index contributed by atoms with van der Waals surface area (Å²) in [6.07, 6.45) is 6.20. The summed E-state index contributed by atoms with van der Waals surface area (Å²) < 4.78 is 5.93. The SMILES string of the molecule is CC1=NC2=C(C(=O)CCC2)[C@H](c2ccc(-c3ccccc3)cc2)C1C(=O)OC1CCCC1. The zero-order chi connectivity index (χ0) is 22.1. The van der Waals surface area contributed by atoms with E-state index >= 15 is 0 Å². The van der Waals surface area contributed by atoms with Crippen molar-refractivity contribution in [3.8, 4) is 11.1 Å². The number of carbonyl (C=O) groups excluding carboxylic acids is 2. The lowest BCUT2D eigenvalue weighted by Gasteiger charge is -2.35. The van der Waals surface area contributed by atoms with Crippen molar-refractivity contribution in [2.24, 2.45) is 10.9 Å². The fourth-order valence-corrected chi connectivity index (χ4v) is 5.43. The lowest BCUT2D eigenvalue weighted by atomic mass is 9.71. The van der Waals surface area contributed by atoms with Gasteiger partial charge in [-0.05, 0) is 62.1 Å². The van der Waals surface area contributed by atoms with E-state index in [9.17, 15) is 9.59 Å². The molecule has 5 rings (SSSR count). The van der Waals surface area contributed by atoms with Gasteiger partial charge >= 0.3 is 5.97 Å². The molecule has 0 saturated heterocycles. The average molecular weight is 428 g/mol. The van der Waals surface area contributed by atoms with Crippen molar-refractivity contribution in [3.05, 3.63) is 71.4 Å². The Morgan fingerprint density at radius 3 is 2.31 bits per heavy atom. The van der Waals surface area contributed by atoms with Gasteiger partial charge in [-0.25, -0.2) is 0 Å². The molecule has 2 aromatic rings. The molecule has 3 aliphatic rings. The molecule has 1 fully saturated rings. The molecule has 0 aromatic heterocycles. The molecular weight excluding hydrogens is 398 g/mol. The minimum absolute atomic E-state index is 0.00570. The molecule has 2 aromatic carbocycles. The maximum absolute atomic E-state index is 13.4. The summed E-state index contributed by atoms with van der Waals surface area (Å²) in [5.74, 6) is -0.980. The monoisotopic (exact) mass is 427 g/mol. The minimum atomic E-state index is -0.543. The predicted octanol–water partition coefficient (Wildman–Crippen LogP) is 6.02. The molecular formula is C28H29NO3. The lowest BCUT2D eigenvalue weighted by molar-refractivity contribution is -0.151. The van der Waals surface area contributed by atoms with Gasteiger partial charge in [0, 0.05) is 29.3 Å². The highest BCUT2D eigenvalue weighted by atomic mass is 16.5. The highest BCUT2D eigenvalue weighted by Gasteiger charge is 2.43. The predicted molar refractivity (Wildman–Crippen MR) is 125 cm³/mol. The Morgan fingerprint density at radius 2 is 1.59 bits per heavy atom. The number of allylic oxidation sites excluding steroid dienone is 2. The van der Waals surface area contributed by atoms with Crippen LogP contribution in [0.25, 0.3) is 11.1 Å². The smallest absolute Gasteiger partial charge is 0.315 e. The topological polar surface area (TPSA) is 55.7 Å². The van der Waals surface area contributed by atoms with E-state index in [-0.39, 0.29) is 23.8 Å². The van der Waals surface area contributed by atoms with Crippen LogP contribution in [-0.2, 0) is 14.3 Å². The highest BCUT2D eigenvalue weighted by Crippen LogP contribution is 2.44. The van der Waals surface area contributed by atoms with E-state index in [1.807, 2.05) is 25.1 Å². The minimum Gasteiger partial charge on any atom is -0.462 e. The normalized spacial score (nSPS) is 23.7. The number of ketones is 1. The van der Waals surface area contributed by atoms with Crippen LogP contribution in [0.15, 0.2) is 70.9 Å². The summed E-state index contributed by atoms with van der Waals surface area (Å²) in [5.41, 5.74) is 5.59. The van der Waals surface area contributed by atoms with Gasteiger partial charge < -0.3 is 4.74 Å². The fraction of sp³-hybridized carbons (Fsp3) is 0.393. The Labute approximate surface area is 189 Å². The molecule has 0 N–H and O–H groups in total. The zero-order valence-electron chi connectivity index (χ0n) is 18.5. The Morgan fingerprint density at radius 1 is 0.906 bits per heavy atom. The maximum atomic E-state index is 13.4. The zero-order valence-corrected chi connectivity index (χ0v) is 18.5. The number of aliphatic imine (C=N–C) groups is 1. The number of rotatable bonds is 4. The maximum Gasteiger partial charge on any atom is 0.315 e. The van der Waals surface area contributed by atoms with Crippen LogP contribution in [0.1, 0.15) is 63.4 Å². The van der Waals surface area contributed by atoms with Gasteiger partial charge in [0.2, 0.25) is 0 Å². The van der Waals surface area contributed by atoms with Crippen LogP contribution < -0.4 is 0 Å². The van der Waals surface area contributed by atoms with Gasteiger partial charge in [0.05, 0.1) is 0 Å². The molecule has 0 radical (unpaired) electrons. The van der Waals surface area contributed by atoms with Gasteiger partial charge in [-0.3, -0.25) is 14.6 Å². The first-order valence-corrected chi connectivity index (χ1v) is 11.8. The van der Waals surface area contributed by atoms with Gasteiger partial charge in [0.25, 0.3) is 0 Å². The number of carbonyl (C=O) groups is 2. The van der Waals surface area contributed by atoms with Crippen molar-refractivity contribution in [1.82, 2.24) is 0 Å². The molecule has 1 saturated carbocycles. The van der Waals surface area contributed by atoms with Crippen molar-refractivity contribution >= 4 is 17.5 Å². The van der Waals surface area contributed by atoms with Crippen LogP contribution in [0, 0.1) is 5.92 Å². The number of esters is 1. The van der Waals surface area contributed by atoms with E-state index in [1.54, 1.807) is 0 Å². The summed E-state index contributed by atoms with van der Waals surface area (Å²) >= 11 is 0. The van der Waals surface area contributed by atoms with Crippen LogP contribution in [0.3, 0.4) is 0 Å². The van der Waals surface area contributed by atoms with Gasteiger partial charge in [0.15, 0.2) is 5.78 Å². The molecule has 4 heteroatoms. The molecule has 4 nitrogen and oxygen atoms in total. The summed E-state index contributed by atoms with van der Waals surface area (Å²) in [6, 6.07) is 18.5. The summed E-state index contributed by atoms with van der Waals surface area (Å²) in [7, 11) is 0. The van der Waals surface area contributed by atoms with Gasteiger partial charge in [-0.2, -0.15) is 0 Å². The molecule has 2 aliphatic carbocycles. The highest BCUT2D eigenvalue weighted by molar-refractivity contribution is 6.08. The van der Waals surface area contributed by atoms with Gasteiger partial charge in [-0.15, -0.1) is 0 Å². The number of benzene rings is 2. The van der Waals surface area contributed by atoms with E-state index in [1.165, 1.54) is 0 Å². The largest absolute Gasteiger partial charge is 0.462 e. The molecule has 0 spiro atoms. The second-order valence-corrected chi connectivity index (χ2v) is 9.18. The third-order valence-electron chi connectivity index (χ3n) is 7.05. The molecule has 2 atom stereocenters. The van der Waals surface area contributed by atoms with E-state index in [0.29, 0.717) is 6.42 Å². The number of ether oxygens (including phenoxy) is 1. The molecule has 32 heavy (non-hydrogen) atoms. The lowest BCUT2D eigenvalue weighted by Crippen LogP contribution is -2.38. The Kier molecular flexibility index (Phi) is 5.77. The van der Waals surface area contributed by atoms with Gasteiger partial charge in [0.1, 0.15) is 12.0 Å². The van der Waals surface area contributed by atoms with E-state index in [2.05, 4.69) is 36.4 Å². The Bertz CT molecular complexity index is 1080. The molecule has 1 heterocycles. The quantitative estimate of drug-likeness (QED) is 0.561. The molecule has 0 amide bonds. The van der Waals surface area contributed by atoms with E-state index in [0.717, 1.165) is 72.2 Å². The average Bonchev–Trinajstić information content (AvgIpc) is 3.32. The second kappa shape index (κ2) is 8.85. The fourth-order valence-electron chi connectivity index (χ4n) is 5.43. The molecule has 0 bridgehead atoms. The van der Waals surface area contributed by atoms with Crippen LogP contribution >= 0.6 is 0 Å². The van der Waals surface area contributed by atoms with Crippen molar-refractivity contribution < 1.29 is 14.3 Å². The molecule has 1 unspecified atom stereocenters. The van der Waals surface area contributed by atoms with Crippen LogP contribution in [0.4, 0.5) is 0 Å². The van der Waals surface area contributed by atoms with Crippen LogP contribution in [0.5, 0.6) is 0 Å². The third-order valence-corrected chi connectivity index (χ3v) is 7.05. The number of nitrogens with zero attached hydrogens (tertiary/aromatic N) is 1. The number of hydrogen-bond donors (Lipinski definition) is 0. The van der Waals surface area contributed by atoms with Crippen molar-refractivity contribution in [1.29, 1.82) is 0 Å². The van der Waals surface area contributed by atoms with E-state index in [4.69, 9.17) is 9.73 Å². The first-order valence-electron chi connectivity index (χ1n) is 11.8. The molecule has 1 aliphatic heterocycles. The summed E-state index contributed by atoms with van der Waals surface area (Å²) in [5, 5.41) is 0. The first-order chi connectivity index (χ1) is 15.6. The number of Topliss-reactive ketones (excluding diaryl/α,β-unsaturated/α-hetero) is 1. The standard InChI is InChI=1S/C28H29NO3/c1-18-25(28(31)32-22-10-5-6-11-22)26(27-23(29-18)12-7-13-24(27)30)21-16-14-20(15-17-21)19-8-3-2-4-9-19/h2-4,8-9,14-17,22,25-26H,5-7,10-13H2,1H3/t25?,26-/m1/s1. The summed E-state index contributed by atoms with van der Waals surface area (Å²) in [6.45, 7) is 1.91. The van der Waals surface area contributed by atoms with Crippen molar-refractivity contribution in [2.45, 2.75) is 63.9 Å². The van der Waals surface area contributed by atoms with E-state index < -0.39 is 5.92 Å². The number of hydrogen-bond acceptors (Lipinski definition) is 4. The summed E-state index contributed by atoms with van der Waals surface area (Å²) in [4.78, 5) is 31.2. The van der Waals surface area contributed by atoms with Crippen LogP contribution in [-0.4, -0.2) is 23.6 Å². The third kappa shape index (κ3) is 3.94.